The van der Waals surface area contributed by atoms with Gasteiger partial charge in [-0.3, -0.25) is 0 Å². The second kappa shape index (κ2) is 8.26. The summed E-state index contributed by atoms with van der Waals surface area (Å²) in [4.78, 5) is 14.4. The van der Waals surface area contributed by atoms with E-state index in [1.54, 1.807) is 19.2 Å². The average molecular weight is 417 g/mol. The van der Waals surface area contributed by atoms with Crippen LogP contribution < -0.4 is 15.4 Å². The van der Waals surface area contributed by atoms with E-state index in [4.69, 9.17) is 22.1 Å². The van der Waals surface area contributed by atoms with Crippen molar-refractivity contribution >= 4 is 45.6 Å². The van der Waals surface area contributed by atoms with E-state index in [1.807, 2.05) is 36.4 Å². The highest BCUT2D eigenvalue weighted by Gasteiger charge is 2.10. The normalized spacial score (nSPS) is 10.6. The summed E-state index contributed by atoms with van der Waals surface area (Å²) in [7, 11) is 1.60. The topological polar surface area (TPSA) is 86.4 Å². The first-order valence-corrected chi connectivity index (χ1v) is 9.62. The number of carboxylic acid groups (broad SMARTS) is 1. The minimum Gasteiger partial charge on any atom is -0.495 e. The molecule has 1 heterocycles. The largest absolute Gasteiger partial charge is 0.495 e. The van der Waals surface area contributed by atoms with Gasteiger partial charge in [0.2, 0.25) is 0 Å². The Labute approximate surface area is 178 Å². The van der Waals surface area contributed by atoms with Gasteiger partial charge < -0.3 is 25.5 Å². The molecule has 0 bridgehead atoms. The summed E-state index contributed by atoms with van der Waals surface area (Å²) in [6.07, 6.45) is 0. The lowest BCUT2D eigenvalue weighted by molar-refractivity contribution is 0.0697. The maximum absolute atomic E-state index is 11.0. The third-order valence-corrected chi connectivity index (χ3v) is 4.88. The number of rotatable bonds is 5. The lowest BCUT2D eigenvalue weighted by Gasteiger charge is -2.14. The fourth-order valence-corrected chi connectivity index (χ4v) is 3.41. The van der Waals surface area contributed by atoms with E-state index < -0.39 is 5.97 Å². The molecule has 0 aliphatic heterocycles. The first kappa shape index (κ1) is 19.5. The van der Waals surface area contributed by atoms with Gasteiger partial charge in [-0.2, -0.15) is 0 Å². The molecule has 7 heteroatoms. The Morgan fingerprint density at radius 1 is 1.00 bits per heavy atom. The molecule has 0 saturated carbocycles. The Hall–Kier alpha value is -3.84. The molecule has 0 unspecified atom stereocenters. The van der Waals surface area contributed by atoms with Gasteiger partial charge in [0.1, 0.15) is 5.75 Å². The highest BCUT2D eigenvalue weighted by atomic mass is 32.1. The van der Waals surface area contributed by atoms with E-state index >= 15 is 0 Å². The summed E-state index contributed by atoms with van der Waals surface area (Å²) < 4.78 is 5.46. The number of anilines is 2. The number of H-pyrrole nitrogens is 1. The molecule has 1 aromatic heterocycles. The molecule has 0 saturated heterocycles. The maximum atomic E-state index is 11.0. The maximum Gasteiger partial charge on any atom is 0.335 e. The number of para-hydroxylation sites is 1. The number of benzene rings is 3. The minimum atomic E-state index is -0.971. The zero-order valence-corrected chi connectivity index (χ0v) is 16.9. The monoisotopic (exact) mass is 417 g/mol. The molecule has 0 amide bonds. The summed E-state index contributed by atoms with van der Waals surface area (Å²) in [6.45, 7) is 0. The van der Waals surface area contributed by atoms with Crippen molar-refractivity contribution in [3.8, 4) is 17.0 Å². The zero-order valence-electron chi connectivity index (χ0n) is 16.1. The number of fused-ring (bicyclic) bond motifs is 1. The quantitative estimate of drug-likeness (QED) is 0.328. The molecule has 6 nitrogen and oxygen atoms in total. The number of aromatic nitrogens is 1. The Morgan fingerprint density at radius 3 is 2.47 bits per heavy atom. The number of aromatic carboxylic acids is 1. The molecule has 150 valence electrons. The van der Waals surface area contributed by atoms with Crippen molar-refractivity contribution in [1.82, 2.24) is 4.98 Å². The Balaban J connectivity index is 1.55. The van der Waals surface area contributed by atoms with Crippen LogP contribution in [0.15, 0.2) is 72.8 Å². The lowest BCUT2D eigenvalue weighted by atomic mass is 10.1. The predicted octanol–water partition coefficient (Wildman–Crippen LogP) is 5.35. The zero-order chi connectivity index (χ0) is 21.1. The van der Waals surface area contributed by atoms with Gasteiger partial charge in [-0.15, -0.1) is 0 Å². The minimum absolute atomic E-state index is 0.215. The standard InChI is InChI=1S/C23H19N3O3S/c1-29-21-11-8-16(19-12-15-4-2-3-5-18(15)25-19)13-20(21)26-23(30)24-17-9-6-14(7-10-17)22(27)28/h2-13,25H,1H3,(H,27,28)(H2,24,26,30). The van der Waals surface area contributed by atoms with Crippen molar-refractivity contribution in [3.63, 3.8) is 0 Å². The number of hydrogen-bond acceptors (Lipinski definition) is 3. The SMILES string of the molecule is COc1ccc(-c2cc3ccccc3[nH]2)cc1NC(=S)Nc1ccc(C(=O)O)cc1. The average Bonchev–Trinajstić information content (AvgIpc) is 3.18. The first-order valence-electron chi connectivity index (χ1n) is 9.21. The number of thiocarbonyl (C=S) groups is 1. The van der Waals surface area contributed by atoms with Gasteiger partial charge in [0.15, 0.2) is 5.11 Å². The van der Waals surface area contributed by atoms with Crippen molar-refractivity contribution in [3.05, 3.63) is 78.4 Å². The second-order valence-corrected chi connectivity index (χ2v) is 7.06. The number of carbonyl (C=O) groups is 1. The third kappa shape index (κ3) is 4.11. The van der Waals surface area contributed by atoms with Crippen LogP contribution >= 0.6 is 12.2 Å². The van der Waals surface area contributed by atoms with Crippen LogP contribution in [0.25, 0.3) is 22.2 Å². The summed E-state index contributed by atoms with van der Waals surface area (Å²) in [6, 6.07) is 22.4. The smallest absolute Gasteiger partial charge is 0.335 e. The lowest BCUT2D eigenvalue weighted by Crippen LogP contribution is -2.19. The number of ether oxygens (including phenoxy) is 1. The van der Waals surface area contributed by atoms with Crippen LogP contribution in [0.1, 0.15) is 10.4 Å². The molecule has 30 heavy (non-hydrogen) atoms. The van der Waals surface area contributed by atoms with Gasteiger partial charge in [-0.1, -0.05) is 18.2 Å². The molecule has 0 spiro atoms. The van der Waals surface area contributed by atoms with Crippen LogP contribution in [0.2, 0.25) is 0 Å². The van der Waals surface area contributed by atoms with E-state index in [0.717, 1.165) is 22.2 Å². The van der Waals surface area contributed by atoms with E-state index in [1.165, 1.54) is 12.1 Å². The molecule has 0 fully saturated rings. The van der Waals surface area contributed by atoms with Crippen LogP contribution in [0.3, 0.4) is 0 Å². The number of hydrogen-bond donors (Lipinski definition) is 4. The van der Waals surface area contributed by atoms with Gasteiger partial charge >= 0.3 is 5.97 Å². The second-order valence-electron chi connectivity index (χ2n) is 6.65. The molecule has 3 aromatic carbocycles. The molecular formula is C23H19N3O3S. The summed E-state index contributed by atoms with van der Waals surface area (Å²) >= 11 is 5.42. The van der Waals surface area contributed by atoms with E-state index in [9.17, 15) is 4.79 Å². The molecule has 0 aliphatic rings. The van der Waals surface area contributed by atoms with E-state index in [-0.39, 0.29) is 5.56 Å². The highest BCUT2D eigenvalue weighted by Crippen LogP contribution is 2.32. The van der Waals surface area contributed by atoms with Crippen molar-refractivity contribution in [2.75, 3.05) is 17.7 Å². The van der Waals surface area contributed by atoms with Gasteiger partial charge in [-0.05, 0) is 66.8 Å². The predicted molar refractivity (Wildman–Crippen MR) is 124 cm³/mol. The fourth-order valence-electron chi connectivity index (χ4n) is 3.18. The van der Waals surface area contributed by atoms with E-state index in [0.29, 0.717) is 22.2 Å². The van der Waals surface area contributed by atoms with Crippen LogP contribution in [0.5, 0.6) is 5.75 Å². The van der Waals surface area contributed by atoms with Crippen molar-refractivity contribution < 1.29 is 14.6 Å². The molecular weight excluding hydrogens is 398 g/mol. The number of nitrogens with one attached hydrogen (secondary N) is 3. The van der Waals surface area contributed by atoms with Crippen molar-refractivity contribution in [1.29, 1.82) is 0 Å². The Morgan fingerprint density at radius 2 is 1.77 bits per heavy atom. The molecule has 0 aliphatic carbocycles. The summed E-state index contributed by atoms with van der Waals surface area (Å²) in [5, 5.41) is 16.7. The van der Waals surface area contributed by atoms with Gasteiger partial charge in [0, 0.05) is 27.8 Å². The van der Waals surface area contributed by atoms with Crippen molar-refractivity contribution in [2.45, 2.75) is 0 Å². The first-order chi connectivity index (χ1) is 14.5. The molecule has 0 radical (unpaired) electrons. The van der Waals surface area contributed by atoms with Crippen LogP contribution in [0, 0.1) is 0 Å². The van der Waals surface area contributed by atoms with Gasteiger partial charge in [-0.25, -0.2) is 4.79 Å². The number of carboxylic acids is 1. The van der Waals surface area contributed by atoms with Crippen molar-refractivity contribution in [2.24, 2.45) is 0 Å². The van der Waals surface area contributed by atoms with Crippen LogP contribution in [0.4, 0.5) is 11.4 Å². The molecule has 4 rings (SSSR count). The van der Waals surface area contributed by atoms with E-state index in [2.05, 4.69) is 27.8 Å². The number of aromatic amines is 1. The Kier molecular flexibility index (Phi) is 5.36. The molecule has 4 N–H and O–H groups in total. The fraction of sp³-hybridized carbons (Fsp3) is 0.0435. The van der Waals surface area contributed by atoms with Gasteiger partial charge in [0.05, 0.1) is 18.4 Å². The van der Waals surface area contributed by atoms with Crippen LogP contribution in [-0.4, -0.2) is 28.3 Å². The van der Waals surface area contributed by atoms with Gasteiger partial charge in [0.25, 0.3) is 0 Å². The third-order valence-electron chi connectivity index (χ3n) is 4.68. The van der Waals surface area contributed by atoms with Crippen LogP contribution in [-0.2, 0) is 0 Å². The molecule has 0 atom stereocenters. The highest BCUT2D eigenvalue weighted by molar-refractivity contribution is 7.80. The Bertz CT molecular complexity index is 1200. The number of methoxy groups -OCH3 is 1. The summed E-state index contributed by atoms with van der Waals surface area (Å²) in [5.74, 6) is -0.319. The summed E-state index contributed by atoms with van der Waals surface area (Å²) in [5.41, 5.74) is 4.66. The molecule has 4 aromatic rings.